The van der Waals surface area contributed by atoms with E-state index in [4.69, 9.17) is 5.11 Å². The second kappa shape index (κ2) is 7.41. The number of carbonyl (C=O) groups excluding carboxylic acids is 1. The number of rotatable bonds is 6. The van der Waals surface area contributed by atoms with Gasteiger partial charge in [0.2, 0.25) is 5.91 Å². The Bertz CT molecular complexity index is 652. The molecule has 0 heterocycles. The predicted octanol–water partition coefficient (Wildman–Crippen LogP) is 3.13. The van der Waals surface area contributed by atoms with Gasteiger partial charge in [0.1, 0.15) is 0 Å². The van der Waals surface area contributed by atoms with Gasteiger partial charge in [-0.2, -0.15) is 0 Å². The van der Waals surface area contributed by atoms with E-state index < -0.39 is 5.97 Å². The van der Waals surface area contributed by atoms with Crippen molar-refractivity contribution in [3.8, 4) is 0 Å². The summed E-state index contributed by atoms with van der Waals surface area (Å²) in [4.78, 5) is 22.9. The maximum atomic E-state index is 12.2. The second-order valence-electron chi connectivity index (χ2n) is 5.35. The van der Waals surface area contributed by atoms with Gasteiger partial charge in [0.25, 0.3) is 0 Å². The molecule has 0 saturated carbocycles. The summed E-state index contributed by atoms with van der Waals surface area (Å²) in [7, 11) is 0. The number of amides is 1. The van der Waals surface area contributed by atoms with E-state index in [2.05, 4.69) is 5.32 Å². The van der Waals surface area contributed by atoms with E-state index >= 15 is 0 Å². The quantitative estimate of drug-likeness (QED) is 0.861. The van der Waals surface area contributed by atoms with Crippen molar-refractivity contribution in [2.45, 2.75) is 19.8 Å². The molecule has 4 nitrogen and oxygen atoms in total. The average molecular weight is 297 g/mol. The average Bonchev–Trinajstić information content (AvgIpc) is 2.48. The van der Waals surface area contributed by atoms with Crippen LogP contribution < -0.4 is 5.32 Å². The molecule has 0 unspecified atom stereocenters. The molecule has 0 aliphatic heterocycles. The zero-order valence-corrected chi connectivity index (χ0v) is 12.5. The van der Waals surface area contributed by atoms with Crippen LogP contribution in [0, 0.1) is 5.92 Å². The van der Waals surface area contributed by atoms with E-state index in [0.29, 0.717) is 17.7 Å². The van der Waals surface area contributed by atoms with E-state index in [1.54, 1.807) is 24.3 Å². The molecule has 22 heavy (non-hydrogen) atoms. The Morgan fingerprint density at radius 1 is 1.05 bits per heavy atom. The van der Waals surface area contributed by atoms with Crippen LogP contribution in [0.4, 0.5) is 5.69 Å². The van der Waals surface area contributed by atoms with Crippen LogP contribution >= 0.6 is 0 Å². The highest BCUT2D eigenvalue weighted by Gasteiger charge is 2.14. The van der Waals surface area contributed by atoms with Crippen LogP contribution in [0.3, 0.4) is 0 Å². The highest BCUT2D eigenvalue weighted by molar-refractivity contribution is 5.92. The summed E-state index contributed by atoms with van der Waals surface area (Å²) in [5.74, 6) is -1.12. The fourth-order valence-electron chi connectivity index (χ4n) is 2.26. The molecule has 1 atom stereocenters. The summed E-state index contributed by atoms with van der Waals surface area (Å²) in [5, 5.41) is 11.6. The summed E-state index contributed by atoms with van der Waals surface area (Å²) in [6.45, 7) is 1.88. The summed E-state index contributed by atoms with van der Waals surface area (Å²) in [6, 6.07) is 16.8. The lowest BCUT2D eigenvalue weighted by Gasteiger charge is -2.13. The van der Waals surface area contributed by atoms with Gasteiger partial charge in [-0.1, -0.05) is 49.4 Å². The summed E-state index contributed by atoms with van der Waals surface area (Å²) >= 11 is 0. The van der Waals surface area contributed by atoms with Crippen LogP contribution in [-0.2, 0) is 22.4 Å². The van der Waals surface area contributed by atoms with Gasteiger partial charge in [0.05, 0.1) is 6.42 Å². The van der Waals surface area contributed by atoms with Crippen molar-refractivity contribution in [2.75, 3.05) is 5.32 Å². The monoisotopic (exact) mass is 297 g/mol. The Morgan fingerprint density at radius 2 is 1.73 bits per heavy atom. The number of carboxylic acid groups (broad SMARTS) is 1. The van der Waals surface area contributed by atoms with Crippen LogP contribution in [0.1, 0.15) is 18.1 Å². The summed E-state index contributed by atoms with van der Waals surface area (Å²) < 4.78 is 0. The second-order valence-corrected chi connectivity index (χ2v) is 5.35. The van der Waals surface area contributed by atoms with Gasteiger partial charge in [-0.15, -0.1) is 0 Å². The van der Waals surface area contributed by atoms with Gasteiger partial charge >= 0.3 is 5.97 Å². The lowest BCUT2D eigenvalue weighted by Crippen LogP contribution is -2.22. The maximum Gasteiger partial charge on any atom is 0.307 e. The van der Waals surface area contributed by atoms with Gasteiger partial charge in [0.15, 0.2) is 0 Å². The summed E-state index contributed by atoms with van der Waals surface area (Å²) in [5.41, 5.74) is 2.41. The molecule has 2 N–H and O–H groups in total. The number of carboxylic acids is 1. The third kappa shape index (κ3) is 4.74. The normalized spacial score (nSPS) is 11.7. The number of hydrogen-bond donors (Lipinski definition) is 2. The van der Waals surface area contributed by atoms with Crippen LogP contribution in [0.15, 0.2) is 54.6 Å². The maximum absolute atomic E-state index is 12.2. The van der Waals surface area contributed by atoms with Gasteiger partial charge in [-0.25, -0.2) is 0 Å². The Hall–Kier alpha value is -2.62. The molecule has 0 spiro atoms. The number of anilines is 1. The number of carbonyl (C=O) groups is 2. The van der Waals surface area contributed by atoms with Crippen molar-refractivity contribution in [2.24, 2.45) is 5.92 Å². The highest BCUT2D eigenvalue weighted by atomic mass is 16.4. The van der Waals surface area contributed by atoms with Crippen molar-refractivity contribution in [3.63, 3.8) is 0 Å². The molecule has 1 amide bonds. The summed E-state index contributed by atoms with van der Waals surface area (Å²) in [6.07, 6.45) is 0.616. The van der Waals surface area contributed by atoms with E-state index in [9.17, 15) is 9.59 Å². The fourth-order valence-corrected chi connectivity index (χ4v) is 2.26. The molecule has 0 radical (unpaired) electrons. The van der Waals surface area contributed by atoms with Crippen LogP contribution in [0.2, 0.25) is 0 Å². The molecule has 0 aromatic heterocycles. The lowest BCUT2D eigenvalue weighted by atomic mass is 10.0. The van der Waals surface area contributed by atoms with Crippen LogP contribution in [0.25, 0.3) is 0 Å². The van der Waals surface area contributed by atoms with Crippen molar-refractivity contribution in [1.82, 2.24) is 0 Å². The number of nitrogens with one attached hydrogen (secondary N) is 1. The van der Waals surface area contributed by atoms with Crippen molar-refractivity contribution < 1.29 is 14.7 Å². The van der Waals surface area contributed by atoms with Crippen molar-refractivity contribution in [1.29, 1.82) is 0 Å². The minimum Gasteiger partial charge on any atom is -0.481 e. The van der Waals surface area contributed by atoms with E-state index in [-0.39, 0.29) is 18.2 Å². The van der Waals surface area contributed by atoms with Gasteiger partial charge < -0.3 is 10.4 Å². The molecule has 0 saturated heterocycles. The third-order valence-electron chi connectivity index (χ3n) is 3.38. The van der Waals surface area contributed by atoms with Crippen molar-refractivity contribution in [3.05, 3.63) is 65.7 Å². The zero-order chi connectivity index (χ0) is 15.9. The largest absolute Gasteiger partial charge is 0.481 e. The number of benzene rings is 2. The first kappa shape index (κ1) is 15.8. The van der Waals surface area contributed by atoms with Crippen LogP contribution in [0.5, 0.6) is 0 Å². The topological polar surface area (TPSA) is 66.4 Å². The van der Waals surface area contributed by atoms with Gasteiger partial charge in [0, 0.05) is 11.6 Å². The standard InChI is InChI=1S/C18H19NO3/c1-13(10-14-6-3-2-4-7-14)18(22)19-16-9-5-8-15(11-16)12-17(20)21/h2-9,11,13H,10,12H2,1H3,(H,19,22)(H,20,21)/t13-/m0/s1. The number of hydrogen-bond acceptors (Lipinski definition) is 2. The Labute approximate surface area is 129 Å². The SMILES string of the molecule is C[C@@H](Cc1ccccc1)C(=O)Nc1cccc(CC(=O)O)c1. The van der Waals surface area contributed by atoms with Crippen molar-refractivity contribution >= 4 is 17.6 Å². The first-order chi connectivity index (χ1) is 10.5. The Balaban J connectivity index is 1.97. The number of aliphatic carboxylic acids is 1. The molecular formula is C18H19NO3. The smallest absolute Gasteiger partial charge is 0.307 e. The molecule has 0 fully saturated rings. The first-order valence-electron chi connectivity index (χ1n) is 7.20. The van der Waals surface area contributed by atoms with Gasteiger partial charge in [-0.05, 0) is 29.7 Å². The third-order valence-corrected chi connectivity index (χ3v) is 3.38. The fraction of sp³-hybridized carbons (Fsp3) is 0.222. The van der Waals surface area contributed by atoms with Gasteiger partial charge in [-0.3, -0.25) is 9.59 Å². The Morgan fingerprint density at radius 3 is 2.41 bits per heavy atom. The van der Waals surface area contributed by atoms with E-state index in [0.717, 1.165) is 5.56 Å². The Kier molecular flexibility index (Phi) is 5.31. The molecule has 0 aliphatic rings. The van der Waals surface area contributed by atoms with E-state index in [1.807, 2.05) is 37.3 Å². The zero-order valence-electron chi connectivity index (χ0n) is 12.5. The minimum absolute atomic E-state index is 0.0523. The molecule has 2 rings (SSSR count). The molecular weight excluding hydrogens is 278 g/mol. The van der Waals surface area contributed by atoms with Crippen LogP contribution in [-0.4, -0.2) is 17.0 Å². The first-order valence-corrected chi connectivity index (χ1v) is 7.20. The molecule has 2 aromatic carbocycles. The van der Waals surface area contributed by atoms with E-state index in [1.165, 1.54) is 0 Å². The highest BCUT2D eigenvalue weighted by Crippen LogP contribution is 2.14. The minimum atomic E-state index is -0.888. The molecule has 114 valence electrons. The molecule has 2 aromatic rings. The predicted molar refractivity (Wildman–Crippen MR) is 85.7 cm³/mol. The molecule has 4 heteroatoms. The molecule has 0 aliphatic carbocycles. The lowest BCUT2D eigenvalue weighted by molar-refractivity contribution is -0.136. The molecule has 0 bridgehead atoms.